The largest absolute Gasteiger partial charge is 0.417 e. The highest BCUT2D eigenvalue weighted by molar-refractivity contribution is 5.55. The van der Waals surface area contributed by atoms with Gasteiger partial charge in [-0.25, -0.2) is 0 Å². The Morgan fingerprint density at radius 3 is 2.41 bits per heavy atom. The molecule has 1 aliphatic rings. The van der Waals surface area contributed by atoms with E-state index in [-0.39, 0.29) is 5.56 Å². The summed E-state index contributed by atoms with van der Waals surface area (Å²) in [4.78, 5) is 4.10. The van der Waals surface area contributed by atoms with E-state index >= 15 is 0 Å². The Kier molecular flexibility index (Phi) is 4.95. The Morgan fingerprint density at radius 2 is 1.86 bits per heavy atom. The van der Waals surface area contributed by atoms with Crippen LogP contribution in [0.5, 0.6) is 0 Å². The summed E-state index contributed by atoms with van der Waals surface area (Å²) in [5.74, 6) is 2.58. The number of hydrogen-bond donors (Lipinski definition) is 0. The topological polar surface area (TPSA) is 30.3 Å². The second-order valence-corrected chi connectivity index (χ2v) is 5.12. The van der Waals surface area contributed by atoms with E-state index in [4.69, 9.17) is 11.7 Å². The van der Waals surface area contributed by atoms with Crippen molar-refractivity contribution in [3.63, 3.8) is 0 Å². The molecular weight excluding hydrogens is 291 g/mol. The zero-order chi connectivity index (χ0) is 16.2. The number of nitrogens with zero attached hydrogens (tertiary/aromatic N) is 3. The third-order valence-electron chi connectivity index (χ3n) is 3.74. The molecule has 1 aromatic carbocycles. The average molecular weight is 307 g/mol. The maximum absolute atomic E-state index is 13.0. The molecule has 0 N–H and O–H groups in total. The van der Waals surface area contributed by atoms with Crippen LogP contribution in [0, 0.1) is 23.7 Å². The van der Waals surface area contributed by atoms with Crippen LogP contribution in [0.2, 0.25) is 0 Å². The van der Waals surface area contributed by atoms with Crippen LogP contribution < -0.4 is 4.90 Å². The second kappa shape index (κ2) is 6.72. The van der Waals surface area contributed by atoms with E-state index < -0.39 is 11.7 Å². The molecule has 1 aliphatic heterocycles. The summed E-state index contributed by atoms with van der Waals surface area (Å²) in [5, 5.41) is 8.81. The smallest absolute Gasteiger partial charge is 0.369 e. The van der Waals surface area contributed by atoms with Crippen LogP contribution in [0.15, 0.2) is 18.2 Å². The predicted molar refractivity (Wildman–Crippen MR) is 78.3 cm³/mol. The van der Waals surface area contributed by atoms with Gasteiger partial charge in [0.15, 0.2) is 0 Å². The zero-order valence-electron chi connectivity index (χ0n) is 12.0. The van der Waals surface area contributed by atoms with Crippen molar-refractivity contribution in [3.8, 4) is 18.4 Å². The fourth-order valence-electron chi connectivity index (χ4n) is 2.51. The van der Waals surface area contributed by atoms with Crippen molar-refractivity contribution in [2.45, 2.75) is 12.6 Å². The summed E-state index contributed by atoms with van der Waals surface area (Å²) in [6.45, 7) is 3.64. The molecule has 0 amide bonds. The van der Waals surface area contributed by atoms with Crippen molar-refractivity contribution in [2.24, 2.45) is 0 Å². The first kappa shape index (κ1) is 16.2. The van der Waals surface area contributed by atoms with E-state index in [1.54, 1.807) is 12.1 Å². The van der Waals surface area contributed by atoms with Gasteiger partial charge in [-0.05, 0) is 18.2 Å². The molecule has 1 fully saturated rings. The highest BCUT2D eigenvalue weighted by Crippen LogP contribution is 2.34. The molecule has 2 rings (SSSR count). The first-order valence-corrected chi connectivity index (χ1v) is 6.98. The Hall–Kier alpha value is -2.18. The molecule has 0 bridgehead atoms. The van der Waals surface area contributed by atoms with E-state index in [9.17, 15) is 13.2 Å². The van der Waals surface area contributed by atoms with Crippen LogP contribution in [0.3, 0.4) is 0 Å². The van der Waals surface area contributed by atoms with Gasteiger partial charge in [0.1, 0.15) is 0 Å². The highest BCUT2D eigenvalue weighted by atomic mass is 19.4. The molecule has 0 aliphatic carbocycles. The number of benzene rings is 1. The summed E-state index contributed by atoms with van der Waals surface area (Å²) >= 11 is 0. The molecule has 0 aromatic heterocycles. The average Bonchev–Trinajstić information content (AvgIpc) is 2.52. The van der Waals surface area contributed by atoms with Crippen LogP contribution >= 0.6 is 0 Å². The monoisotopic (exact) mass is 307 g/mol. The number of piperazine rings is 1. The Morgan fingerprint density at radius 1 is 1.18 bits per heavy atom. The number of terminal acetylenes is 1. The van der Waals surface area contributed by atoms with E-state index in [0.29, 0.717) is 25.2 Å². The van der Waals surface area contributed by atoms with Crippen molar-refractivity contribution in [2.75, 3.05) is 37.6 Å². The Balaban J connectivity index is 2.12. The lowest BCUT2D eigenvalue weighted by atomic mass is 10.1. The van der Waals surface area contributed by atoms with Crippen LogP contribution in [-0.4, -0.2) is 37.6 Å². The number of nitriles is 1. The van der Waals surface area contributed by atoms with Gasteiger partial charge >= 0.3 is 6.18 Å². The molecule has 0 spiro atoms. The Bertz CT molecular complexity index is 603. The molecule has 116 valence electrons. The van der Waals surface area contributed by atoms with Crippen LogP contribution in [0.25, 0.3) is 0 Å². The molecule has 6 heteroatoms. The highest BCUT2D eigenvalue weighted by Gasteiger charge is 2.34. The lowest BCUT2D eigenvalue weighted by molar-refractivity contribution is -0.137. The van der Waals surface area contributed by atoms with Crippen molar-refractivity contribution in [1.29, 1.82) is 5.26 Å². The quantitative estimate of drug-likeness (QED) is 0.804. The molecule has 0 unspecified atom stereocenters. The molecule has 0 radical (unpaired) electrons. The minimum Gasteiger partial charge on any atom is -0.369 e. The van der Waals surface area contributed by atoms with Gasteiger partial charge in [0.2, 0.25) is 0 Å². The van der Waals surface area contributed by atoms with Gasteiger partial charge in [0, 0.05) is 44.8 Å². The summed E-state index contributed by atoms with van der Waals surface area (Å²) in [6.07, 6.45) is 1.39. The fraction of sp³-hybridized carbons (Fsp3) is 0.438. The van der Waals surface area contributed by atoms with Gasteiger partial charge < -0.3 is 4.90 Å². The van der Waals surface area contributed by atoms with Gasteiger partial charge in [0.25, 0.3) is 0 Å². The predicted octanol–water partition coefficient (Wildman–Crippen LogP) is 2.72. The van der Waals surface area contributed by atoms with E-state index in [1.807, 2.05) is 4.90 Å². The molecule has 1 aromatic rings. The summed E-state index contributed by atoms with van der Waals surface area (Å²) in [6, 6.07) is 5.48. The van der Waals surface area contributed by atoms with Gasteiger partial charge in [-0.2, -0.15) is 18.4 Å². The third-order valence-corrected chi connectivity index (χ3v) is 3.74. The second-order valence-electron chi connectivity index (χ2n) is 5.12. The van der Waals surface area contributed by atoms with Crippen molar-refractivity contribution in [1.82, 2.24) is 4.90 Å². The number of hydrogen-bond acceptors (Lipinski definition) is 3. The normalized spacial score (nSPS) is 16.1. The zero-order valence-corrected chi connectivity index (χ0v) is 12.0. The summed E-state index contributed by atoms with van der Waals surface area (Å²) < 4.78 is 39.0. The lowest BCUT2D eigenvalue weighted by Crippen LogP contribution is -2.46. The van der Waals surface area contributed by atoms with Crippen molar-refractivity contribution >= 4 is 5.69 Å². The maximum atomic E-state index is 13.0. The van der Waals surface area contributed by atoms with Gasteiger partial charge in [-0.15, -0.1) is 12.3 Å². The molecule has 0 saturated carbocycles. The Labute approximate surface area is 127 Å². The number of alkyl halides is 3. The van der Waals surface area contributed by atoms with E-state index in [1.165, 1.54) is 6.07 Å². The lowest BCUT2D eigenvalue weighted by Gasteiger charge is -2.36. The minimum atomic E-state index is -4.52. The van der Waals surface area contributed by atoms with E-state index in [2.05, 4.69) is 10.8 Å². The molecule has 3 nitrogen and oxygen atoms in total. The molecule has 0 atom stereocenters. The van der Waals surface area contributed by atoms with Crippen LogP contribution in [0.4, 0.5) is 18.9 Å². The standard InChI is InChI=1S/C16H16F3N3/c1-2-3-6-21-7-9-22(10-8-21)14-5-4-13(12-20)15(11-14)16(17,18)19/h1,4-5,11H,3,6-10H2. The maximum Gasteiger partial charge on any atom is 0.417 e. The van der Waals surface area contributed by atoms with Gasteiger partial charge in [-0.1, -0.05) is 0 Å². The first-order chi connectivity index (χ1) is 10.5. The third kappa shape index (κ3) is 3.72. The van der Waals surface area contributed by atoms with Gasteiger partial charge in [-0.3, -0.25) is 4.90 Å². The van der Waals surface area contributed by atoms with Crippen molar-refractivity contribution in [3.05, 3.63) is 29.3 Å². The summed E-state index contributed by atoms with van der Waals surface area (Å²) in [5.41, 5.74) is -0.714. The summed E-state index contributed by atoms with van der Waals surface area (Å²) in [7, 11) is 0. The first-order valence-electron chi connectivity index (χ1n) is 6.98. The SMILES string of the molecule is C#CCCN1CCN(c2ccc(C#N)c(C(F)(F)F)c2)CC1. The van der Waals surface area contributed by atoms with Crippen LogP contribution in [0.1, 0.15) is 17.5 Å². The number of rotatable bonds is 3. The minimum absolute atomic E-state index is 0.344. The number of halogens is 3. The number of anilines is 1. The molecule has 1 heterocycles. The molecular formula is C16H16F3N3. The molecule has 22 heavy (non-hydrogen) atoms. The fourth-order valence-corrected chi connectivity index (χ4v) is 2.51. The van der Waals surface area contributed by atoms with E-state index in [0.717, 1.165) is 25.7 Å². The van der Waals surface area contributed by atoms with Crippen molar-refractivity contribution < 1.29 is 13.2 Å². The van der Waals surface area contributed by atoms with Gasteiger partial charge in [0.05, 0.1) is 17.2 Å². The van der Waals surface area contributed by atoms with Crippen LogP contribution in [-0.2, 0) is 6.18 Å². The molecule has 1 saturated heterocycles.